The third kappa shape index (κ3) is 5.97. The van der Waals surface area contributed by atoms with Crippen LogP contribution in [-0.4, -0.2) is 69.4 Å². The molecule has 3 N–H and O–H groups in total. The van der Waals surface area contributed by atoms with Crippen LogP contribution in [0.3, 0.4) is 0 Å². The van der Waals surface area contributed by atoms with Crippen LogP contribution in [0.5, 0.6) is 5.75 Å². The molecule has 1 aliphatic carbocycles. The Morgan fingerprint density at radius 1 is 1.23 bits per heavy atom. The number of nitrogens with one attached hydrogen (secondary N) is 2. The number of aliphatic carboxylic acids is 1. The van der Waals surface area contributed by atoms with Gasteiger partial charge in [0.05, 0.1) is 25.3 Å². The Labute approximate surface area is 227 Å². The number of pyridine rings is 1. The van der Waals surface area contributed by atoms with Crippen molar-refractivity contribution in [3.8, 4) is 5.75 Å². The van der Waals surface area contributed by atoms with Crippen molar-refractivity contribution in [2.24, 2.45) is 5.92 Å². The van der Waals surface area contributed by atoms with E-state index in [1.54, 1.807) is 52.4 Å². The first-order valence-corrected chi connectivity index (χ1v) is 13.0. The number of carbonyl (C=O) groups is 4. The molecule has 2 aliphatic rings. The number of aromatic nitrogens is 1. The molecule has 2 heterocycles. The molecule has 11 heteroatoms. The average Bonchev–Trinajstić information content (AvgIpc) is 3.72. The van der Waals surface area contributed by atoms with Gasteiger partial charge in [-0.05, 0) is 55.5 Å². The summed E-state index contributed by atoms with van der Waals surface area (Å²) in [5.74, 6) is -1.30. The van der Waals surface area contributed by atoms with Gasteiger partial charge in [0.25, 0.3) is 5.91 Å². The maximum Gasteiger partial charge on any atom is 0.328 e. The second-order valence-corrected chi connectivity index (χ2v) is 10.5. The van der Waals surface area contributed by atoms with Crippen LogP contribution in [0.25, 0.3) is 0 Å². The van der Waals surface area contributed by atoms with Crippen molar-refractivity contribution in [2.45, 2.75) is 63.7 Å². The number of carboxylic acids is 1. The molecule has 1 aromatic heterocycles. The second-order valence-electron chi connectivity index (χ2n) is 10.5. The number of imide groups is 1. The number of rotatable bonds is 12. The zero-order valence-corrected chi connectivity index (χ0v) is 22.6. The van der Waals surface area contributed by atoms with Gasteiger partial charge in [-0.2, -0.15) is 0 Å². The summed E-state index contributed by atoms with van der Waals surface area (Å²) in [6, 6.07) is 6.36. The molecule has 2 unspecified atom stereocenters. The number of urea groups is 1. The van der Waals surface area contributed by atoms with E-state index < -0.39 is 41.4 Å². The van der Waals surface area contributed by atoms with Gasteiger partial charge < -0.3 is 25.4 Å². The first kappa shape index (κ1) is 27.9. The van der Waals surface area contributed by atoms with Gasteiger partial charge in [-0.15, -0.1) is 0 Å². The van der Waals surface area contributed by atoms with Gasteiger partial charge in [0.2, 0.25) is 5.91 Å². The van der Waals surface area contributed by atoms with Crippen LogP contribution in [-0.2, 0) is 20.9 Å². The molecule has 4 rings (SSSR count). The Kier molecular flexibility index (Phi) is 8.08. The van der Waals surface area contributed by atoms with Gasteiger partial charge in [0.1, 0.15) is 17.3 Å². The lowest BCUT2D eigenvalue weighted by atomic mass is 10.0. The van der Waals surface area contributed by atoms with E-state index in [2.05, 4.69) is 15.6 Å². The molecule has 0 spiro atoms. The highest BCUT2D eigenvalue weighted by molar-refractivity contribution is 6.09. The SMILES string of the molecule is CNc1ccc(CN2C(=O)N(C(CC3CC3)C(=O)NC(CC(=O)O)c3cccnc3)C(=O)C2(C)C)cc1OC. The fourth-order valence-corrected chi connectivity index (χ4v) is 4.91. The van der Waals surface area contributed by atoms with Crippen molar-refractivity contribution in [3.63, 3.8) is 0 Å². The first-order valence-electron chi connectivity index (χ1n) is 13.0. The number of methoxy groups -OCH3 is 1. The second kappa shape index (κ2) is 11.3. The zero-order valence-electron chi connectivity index (χ0n) is 22.6. The standard InChI is InChI=1S/C28H35N5O6/c1-28(2)26(37)33(27(38)32(28)16-18-9-10-20(29-3)23(13-18)39-4)22(12-17-7-8-17)25(36)31-21(14-24(34)35)19-6-5-11-30-15-19/h5-6,9-11,13,15,17,21-22,29H,7-8,12,14,16H2,1-4H3,(H,31,36)(H,34,35). The van der Waals surface area contributed by atoms with Crippen molar-refractivity contribution < 1.29 is 29.0 Å². The van der Waals surface area contributed by atoms with Crippen LogP contribution in [0.15, 0.2) is 42.7 Å². The van der Waals surface area contributed by atoms with Crippen LogP contribution in [0.4, 0.5) is 10.5 Å². The summed E-state index contributed by atoms with van der Waals surface area (Å²) in [6.45, 7) is 3.48. The third-order valence-electron chi connectivity index (χ3n) is 7.38. The van der Waals surface area contributed by atoms with Crippen molar-refractivity contribution in [3.05, 3.63) is 53.9 Å². The molecule has 11 nitrogen and oxygen atoms in total. The maximum absolute atomic E-state index is 13.8. The summed E-state index contributed by atoms with van der Waals surface area (Å²) in [4.78, 5) is 59.3. The number of carboxylic acid groups (broad SMARTS) is 1. The lowest BCUT2D eigenvalue weighted by Crippen LogP contribution is -2.51. The van der Waals surface area contributed by atoms with Crippen LogP contribution < -0.4 is 15.4 Å². The Balaban J connectivity index is 1.61. The fourth-order valence-electron chi connectivity index (χ4n) is 4.91. The Morgan fingerprint density at radius 3 is 2.56 bits per heavy atom. The number of hydrogen-bond acceptors (Lipinski definition) is 7. The quantitative estimate of drug-likeness (QED) is 0.351. The molecular formula is C28H35N5O6. The van der Waals surface area contributed by atoms with Crippen molar-refractivity contribution in [1.82, 2.24) is 20.1 Å². The first-order chi connectivity index (χ1) is 18.6. The minimum atomic E-state index is -1.20. The number of anilines is 1. The van der Waals surface area contributed by atoms with E-state index in [4.69, 9.17) is 4.74 Å². The van der Waals surface area contributed by atoms with Crippen LogP contribution in [0.2, 0.25) is 0 Å². The Hall–Kier alpha value is -4.15. The van der Waals surface area contributed by atoms with Gasteiger partial charge in [-0.3, -0.25) is 19.4 Å². The number of hydrogen-bond donors (Lipinski definition) is 3. The fraction of sp³-hybridized carbons (Fsp3) is 0.464. The number of ether oxygens (including phenoxy) is 1. The van der Waals surface area contributed by atoms with Gasteiger partial charge in [-0.25, -0.2) is 9.69 Å². The summed E-state index contributed by atoms with van der Waals surface area (Å²) < 4.78 is 5.44. The van der Waals surface area contributed by atoms with Crippen molar-refractivity contribution >= 4 is 29.5 Å². The Morgan fingerprint density at radius 2 is 1.97 bits per heavy atom. The van der Waals surface area contributed by atoms with Crippen molar-refractivity contribution in [1.29, 1.82) is 0 Å². The highest BCUT2D eigenvalue weighted by atomic mass is 16.5. The smallest absolute Gasteiger partial charge is 0.328 e. The lowest BCUT2D eigenvalue weighted by Gasteiger charge is -2.28. The molecule has 0 radical (unpaired) electrons. The Bertz CT molecular complexity index is 1250. The molecule has 0 bridgehead atoms. The van der Waals surface area contributed by atoms with Crippen LogP contribution >= 0.6 is 0 Å². The van der Waals surface area contributed by atoms with Gasteiger partial charge >= 0.3 is 12.0 Å². The van der Waals surface area contributed by atoms with E-state index >= 15 is 0 Å². The number of carbonyl (C=O) groups excluding carboxylic acids is 3. The molecule has 2 aromatic rings. The van der Waals surface area contributed by atoms with E-state index in [-0.39, 0.29) is 18.9 Å². The minimum absolute atomic E-state index is 0.142. The minimum Gasteiger partial charge on any atom is -0.495 e. The highest BCUT2D eigenvalue weighted by Crippen LogP contribution is 2.39. The van der Waals surface area contributed by atoms with E-state index in [9.17, 15) is 24.3 Å². The van der Waals surface area contributed by atoms with Gasteiger partial charge in [0.15, 0.2) is 0 Å². The highest BCUT2D eigenvalue weighted by Gasteiger charge is 2.55. The monoisotopic (exact) mass is 537 g/mol. The molecule has 1 saturated heterocycles. The molecule has 1 saturated carbocycles. The number of benzene rings is 1. The van der Waals surface area contributed by atoms with Gasteiger partial charge in [-0.1, -0.05) is 25.0 Å². The third-order valence-corrected chi connectivity index (χ3v) is 7.38. The topological polar surface area (TPSA) is 141 Å². The average molecular weight is 538 g/mol. The normalized spacial score (nSPS) is 18.1. The summed E-state index contributed by atoms with van der Waals surface area (Å²) in [5.41, 5.74) is 0.885. The molecule has 2 fully saturated rings. The molecule has 2 atom stereocenters. The molecule has 39 heavy (non-hydrogen) atoms. The number of nitrogens with zero attached hydrogens (tertiary/aromatic N) is 3. The van der Waals surface area contributed by atoms with E-state index in [1.807, 2.05) is 12.1 Å². The molecular weight excluding hydrogens is 502 g/mol. The summed E-state index contributed by atoms with van der Waals surface area (Å²) in [6.07, 6.45) is 4.83. The number of amides is 4. The lowest BCUT2D eigenvalue weighted by molar-refractivity contribution is -0.140. The van der Waals surface area contributed by atoms with E-state index in [1.165, 1.54) is 11.1 Å². The molecule has 208 valence electrons. The van der Waals surface area contributed by atoms with Crippen LogP contribution in [0, 0.1) is 5.92 Å². The molecule has 4 amide bonds. The predicted molar refractivity (Wildman–Crippen MR) is 143 cm³/mol. The van der Waals surface area contributed by atoms with E-state index in [0.29, 0.717) is 17.7 Å². The van der Waals surface area contributed by atoms with E-state index in [0.717, 1.165) is 29.0 Å². The van der Waals surface area contributed by atoms with Crippen LogP contribution in [0.1, 0.15) is 56.7 Å². The largest absolute Gasteiger partial charge is 0.495 e. The summed E-state index contributed by atoms with van der Waals surface area (Å²) in [7, 11) is 3.34. The maximum atomic E-state index is 13.8. The molecule has 1 aromatic carbocycles. The van der Waals surface area contributed by atoms with Gasteiger partial charge in [0, 0.05) is 26.0 Å². The van der Waals surface area contributed by atoms with Crippen molar-refractivity contribution in [2.75, 3.05) is 19.5 Å². The molecule has 1 aliphatic heterocycles. The predicted octanol–water partition coefficient (Wildman–Crippen LogP) is 3.18. The summed E-state index contributed by atoms with van der Waals surface area (Å²) >= 11 is 0. The zero-order chi connectivity index (χ0) is 28.3. The summed E-state index contributed by atoms with van der Waals surface area (Å²) in [5, 5.41) is 15.3.